The quantitative estimate of drug-likeness (QED) is 0.717. The minimum atomic E-state index is -0.233. The topological polar surface area (TPSA) is 38.7 Å². The van der Waals surface area contributed by atoms with Crippen LogP contribution in [0.15, 0.2) is 0 Å². The molecule has 1 rings (SSSR count). The van der Waals surface area contributed by atoms with Crippen LogP contribution in [0.3, 0.4) is 0 Å². The second-order valence-corrected chi connectivity index (χ2v) is 3.87. The highest BCUT2D eigenvalue weighted by Gasteiger charge is 2.26. The zero-order chi connectivity index (χ0) is 9.68. The van der Waals surface area contributed by atoms with Gasteiger partial charge in [0.05, 0.1) is 12.7 Å². The Morgan fingerprint density at radius 3 is 2.62 bits per heavy atom. The molecule has 3 nitrogen and oxygen atoms in total. The Hall–Kier alpha value is -0.120. The molecule has 1 saturated heterocycles. The molecule has 1 heterocycles. The van der Waals surface area contributed by atoms with Crippen LogP contribution in [0.25, 0.3) is 0 Å². The van der Waals surface area contributed by atoms with Crippen molar-refractivity contribution in [2.75, 3.05) is 26.9 Å². The van der Waals surface area contributed by atoms with Gasteiger partial charge in [0.1, 0.15) is 0 Å². The van der Waals surface area contributed by atoms with Gasteiger partial charge >= 0.3 is 0 Å². The lowest BCUT2D eigenvalue weighted by Crippen LogP contribution is -2.33. The highest BCUT2D eigenvalue weighted by atomic mass is 16.5. The summed E-state index contributed by atoms with van der Waals surface area (Å²) in [6, 6.07) is 0. The van der Waals surface area contributed by atoms with Gasteiger partial charge in [-0.1, -0.05) is 6.92 Å². The van der Waals surface area contributed by atoms with Crippen LogP contribution >= 0.6 is 0 Å². The Bertz CT molecular complexity index is 132. The summed E-state index contributed by atoms with van der Waals surface area (Å²) in [4.78, 5) is 0. The molecule has 0 radical (unpaired) electrons. The van der Waals surface area contributed by atoms with Crippen molar-refractivity contribution in [3.63, 3.8) is 0 Å². The Balaban J connectivity index is 2.31. The van der Waals surface area contributed by atoms with Gasteiger partial charge in [-0.2, -0.15) is 0 Å². The van der Waals surface area contributed by atoms with Crippen molar-refractivity contribution in [2.45, 2.75) is 25.9 Å². The van der Waals surface area contributed by atoms with Gasteiger partial charge in [0.15, 0.2) is 0 Å². The molecule has 0 aromatic carbocycles. The van der Waals surface area contributed by atoms with E-state index in [4.69, 9.17) is 9.47 Å². The molecule has 0 amide bonds. The molecule has 78 valence electrons. The zero-order valence-corrected chi connectivity index (χ0v) is 8.53. The van der Waals surface area contributed by atoms with Gasteiger partial charge in [0, 0.05) is 26.2 Å². The van der Waals surface area contributed by atoms with E-state index in [0.29, 0.717) is 12.5 Å². The molecule has 1 aliphatic heterocycles. The van der Waals surface area contributed by atoms with E-state index in [0.717, 1.165) is 26.1 Å². The molecule has 3 heteroatoms. The molecule has 0 saturated carbocycles. The molecule has 0 bridgehead atoms. The first-order valence-corrected chi connectivity index (χ1v) is 5.00. The number of rotatable bonds is 4. The van der Waals surface area contributed by atoms with E-state index in [2.05, 4.69) is 0 Å². The van der Waals surface area contributed by atoms with E-state index in [9.17, 15) is 5.11 Å². The molecule has 13 heavy (non-hydrogen) atoms. The fourth-order valence-electron chi connectivity index (χ4n) is 1.88. The third-order valence-electron chi connectivity index (χ3n) is 2.76. The summed E-state index contributed by atoms with van der Waals surface area (Å²) < 4.78 is 10.3. The monoisotopic (exact) mass is 188 g/mol. The maximum atomic E-state index is 9.94. The summed E-state index contributed by atoms with van der Waals surface area (Å²) in [5, 5.41) is 9.94. The standard InChI is InChI=1S/C10H20O3/c1-8(7-12-2)10(11)9-3-5-13-6-4-9/h8-11H,3-7H2,1-2H3. The molecule has 2 unspecified atom stereocenters. The number of aliphatic hydroxyl groups excluding tert-OH is 1. The van der Waals surface area contributed by atoms with Crippen LogP contribution < -0.4 is 0 Å². The lowest BCUT2D eigenvalue weighted by molar-refractivity contribution is -0.0295. The predicted octanol–water partition coefficient (Wildman–Crippen LogP) is 1.06. The smallest absolute Gasteiger partial charge is 0.0617 e. The third kappa shape index (κ3) is 3.25. The summed E-state index contributed by atoms with van der Waals surface area (Å²) in [5.41, 5.74) is 0. The molecule has 1 aliphatic rings. The fourth-order valence-corrected chi connectivity index (χ4v) is 1.88. The van der Waals surface area contributed by atoms with E-state index in [1.807, 2.05) is 6.92 Å². The van der Waals surface area contributed by atoms with Crippen molar-refractivity contribution < 1.29 is 14.6 Å². The van der Waals surface area contributed by atoms with Gasteiger partial charge in [-0.3, -0.25) is 0 Å². The molecule has 0 aromatic rings. The molecular formula is C10H20O3. The summed E-state index contributed by atoms with van der Waals surface area (Å²) >= 11 is 0. The zero-order valence-electron chi connectivity index (χ0n) is 8.53. The Morgan fingerprint density at radius 1 is 1.46 bits per heavy atom. The lowest BCUT2D eigenvalue weighted by atomic mass is 9.87. The molecule has 2 atom stereocenters. The van der Waals surface area contributed by atoms with E-state index in [-0.39, 0.29) is 12.0 Å². The Kier molecular flexibility index (Phi) is 4.70. The summed E-state index contributed by atoms with van der Waals surface area (Å²) in [5.74, 6) is 0.631. The largest absolute Gasteiger partial charge is 0.392 e. The second-order valence-electron chi connectivity index (χ2n) is 3.87. The van der Waals surface area contributed by atoms with Crippen LogP contribution in [0.2, 0.25) is 0 Å². The first-order chi connectivity index (χ1) is 6.25. The minimum Gasteiger partial charge on any atom is -0.392 e. The van der Waals surface area contributed by atoms with Crippen molar-refractivity contribution in [1.82, 2.24) is 0 Å². The molecule has 1 N–H and O–H groups in total. The number of methoxy groups -OCH3 is 1. The van der Waals surface area contributed by atoms with Gasteiger partial charge in [-0.05, 0) is 18.8 Å². The van der Waals surface area contributed by atoms with Crippen LogP contribution in [-0.4, -0.2) is 38.1 Å². The van der Waals surface area contributed by atoms with E-state index >= 15 is 0 Å². The first-order valence-electron chi connectivity index (χ1n) is 5.00. The SMILES string of the molecule is COCC(C)C(O)C1CCOCC1. The Labute approximate surface area is 80.0 Å². The van der Waals surface area contributed by atoms with Crippen molar-refractivity contribution in [1.29, 1.82) is 0 Å². The molecule has 0 spiro atoms. The van der Waals surface area contributed by atoms with Crippen molar-refractivity contribution in [2.24, 2.45) is 11.8 Å². The lowest BCUT2D eigenvalue weighted by Gasteiger charge is -2.30. The normalized spacial score (nSPS) is 24.2. The van der Waals surface area contributed by atoms with Crippen LogP contribution in [0, 0.1) is 11.8 Å². The van der Waals surface area contributed by atoms with Crippen LogP contribution in [-0.2, 0) is 9.47 Å². The molecular weight excluding hydrogens is 168 g/mol. The number of hydrogen-bond acceptors (Lipinski definition) is 3. The average Bonchev–Trinajstić information content (AvgIpc) is 2.18. The maximum Gasteiger partial charge on any atom is 0.0617 e. The summed E-state index contributed by atoms with van der Waals surface area (Å²) in [6.45, 7) is 4.25. The highest BCUT2D eigenvalue weighted by molar-refractivity contribution is 4.75. The number of aliphatic hydroxyl groups is 1. The average molecular weight is 188 g/mol. The van der Waals surface area contributed by atoms with Crippen LogP contribution in [0.4, 0.5) is 0 Å². The van der Waals surface area contributed by atoms with Crippen molar-refractivity contribution in [3.05, 3.63) is 0 Å². The van der Waals surface area contributed by atoms with Gasteiger partial charge in [0.25, 0.3) is 0 Å². The van der Waals surface area contributed by atoms with E-state index in [1.54, 1.807) is 7.11 Å². The van der Waals surface area contributed by atoms with E-state index < -0.39 is 0 Å². The summed E-state index contributed by atoms with van der Waals surface area (Å²) in [6.07, 6.45) is 1.73. The predicted molar refractivity (Wildman–Crippen MR) is 50.6 cm³/mol. The van der Waals surface area contributed by atoms with Gasteiger partial charge < -0.3 is 14.6 Å². The minimum absolute atomic E-state index is 0.230. The second kappa shape index (κ2) is 5.58. The number of ether oxygens (including phenoxy) is 2. The first kappa shape index (κ1) is 11.0. The third-order valence-corrected chi connectivity index (χ3v) is 2.76. The Morgan fingerprint density at radius 2 is 2.08 bits per heavy atom. The maximum absolute atomic E-state index is 9.94. The van der Waals surface area contributed by atoms with Crippen LogP contribution in [0.5, 0.6) is 0 Å². The van der Waals surface area contributed by atoms with Crippen LogP contribution in [0.1, 0.15) is 19.8 Å². The highest BCUT2D eigenvalue weighted by Crippen LogP contribution is 2.23. The van der Waals surface area contributed by atoms with E-state index in [1.165, 1.54) is 0 Å². The van der Waals surface area contributed by atoms with Crippen molar-refractivity contribution >= 4 is 0 Å². The van der Waals surface area contributed by atoms with Gasteiger partial charge in [-0.15, -0.1) is 0 Å². The van der Waals surface area contributed by atoms with Crippen molar-refractivity contribution in [3.8, 4) is 0 Å². The molecule has 0 aliphatic carbocycles. The summed E-state index contributed by atoms with van der Waals surface area (Å²) in [7, 11) is 1.67. The molecule has 0 aromatic heterocycles. The molecule has 1 fully saturated rings. The van der Waals surface area contributed by atoms with Gasteiger partial charge in [-0.25, -0.2) is 0 Å². The number of hydrogen-bond donors (Lipinski definition) is 1. The van der Waals surface area contributed by atoms with Gasteiger partial charge in [0.2, 0.25) is 0 Å². The fraction of sp³-hybridized carbons (Fsp3) is 1.00.